The van der Waals surface area contributed by atoms with Crippen LogP contribution in [0.25, 0.3) is 0 Å². The third kappa shape index (κ3) is 3.63. The first-order chi connectivity index (χ1) is 9.74. The van der Waals surface area contributed by atoms with Gasteiger partial charge in [0.05, 0.1) is 13.0 Å². The van der Waals surface area contributed by atoms with Gasteiger partial charge >= 0.3 is 0 Å². The second-order valence-electron chi connectivity index (χ2n) is 4.93. The van der Waals surface area contributed by atoms with Crippen molar-refractivity contribution in [1.29, 1.82) is 0 Å². The first-order valence-corrected chi connectivity index (χ1v) is 6.96. The Balaban J connectivity index is 1.91. The minimum atomic E-state index is -0.121. The summed E-state index contributed by atoms with van der Waals surface area (Å²) < 4.78 is 10.9. The summed E-state index contributed by atoms with van der Waals surface area (Å²) >= 11 is 0. The molecule has 1 aromatic rings. The van der Waals surface area contributed by atoms with Gasteiger partial charge in [-0.2, -0.15) is 0 Å². The van der Waals surface area contributed by atoms with Crippen LogP contribution in [-0.2, 0) is 11.2 Å². The average molecular weight is 278 g/mol. The van der Waals surface area contributed by atoms with Crippen LogP contribution in [0.5, 0.6) is 11.5 Å². The largest absolute Gasteiger partial charge is 0.497 e. The normalized spacial score (nSPS) is 17.0. The second kappa shape index (κ2) is 7.14. The van der Waals surface area contributed by atoms with Crippen LogP contribution >= 0.6 is 0 Å². The van der Waals surface area contributed by atoms with E-state index in [1.807, 2.05) is 25.2 Å². The van der Waals surface area contributed by atoms with Crippen molar-refractivity contribution in [3.8, 4) is 11.5 Å². The third-order valence-electron chi connectivity index (χ3n) is 3.45. The van der Waals surface area contributed by atoms with Gasteiger partial charge in [0.1, 0.15) is 18.1 Å². The number of carbonyl (C=O) groups excluding carboxylic acids is 1. The van der Waals surface area contributed by atoms with Gasteiger partial charge in [-0.25, -0.2) is 0 Å². The van der Waals surface area contributed by atoms with Gasteiger partial charge in [0.25, 0.3) is 0 Å². The van der Waals surface area contributed by atoms with E-state index in [-0.39, 0.29) is 11.8 Å². The fraction of sp³-hybridized carbons (Fsp3) is 0.533. The lowest BCUT2D eigenvalue weighted by molar-refractivity contribution is -0.126. The molecule has 0 aromatic heterocycles. The Hall–Kier alpha value is -1.75. The minimum absolute atomic E-state index is 0.0644. The number of nitrogens with one attached hydrogen (secondary N) is 2. The van der Waals surface area contributed by atoms with Gasteiger partial charge in [-0.05, 0) is 50.2 Å². The van der Waals surface area contributed by atoms with Gasteiger partial charge in [0, 0.05) is 6.54 Å². The zero-order valence-electron chi connectivity index (χ0n) is 12.1. The Kier molecular flexibility index (Phi) is 5.24. The number of ether oxygens (including phenoxy) is 2. The van der Waals surface area contributed by atoms with E-state index in [9.17, 15) is 4.79 Å². The van der Waals surface area contributed by atoms with E-state index < -0.39 is 0 Å². The van der Waals surface area contributed by atoms with Crippen LogP contribution in [0.4, 0.5) is 0 Å². The molecule has 1 aliphatic heterocycles. The summed E-state index contributed by atoms with van der Waals surface area (Å²) in [4.78, 5) is 12.1. The summed E-state index contributed by atoms with van der Waals surface area (Å²) in [7, 11) is 3.54. The molecule has 0 aliphatic carbocycles. The average Bonchev–Trinajstić information content (AvgIpc) is 2.50. The highest BCUT2D eigenvalue weighted by Crippen LogP contribution is 2.30. The number of benzene rings is 1. The molecule has 0 bridgehead atoms. The van der Waals surface area contributed by atoms with Gasteiger partial charge in [0.2, 0.25) is 5.91 Å². The van der Waals surface area contributed by atoms with Gasteiger partial charge in [0.15, 0.2) is 0 Å². The first-order valence-electron chi connectivity index (χ1n) is 6.96. The van der Waals surface area contributed by atoms with Crippen molar-refractivity contribution in [2.75, 3.05) is 33.9 Å². The molecule has 0 spiro atoms. The quantitative estimate of drug-likeness (QED) is 0.761. The van der Waals surface area contributed by atoms with E-state index in [0.29, 0.717) is 19.6 Å². The molecule has 0 saturated carbocycles. The van der Waals surface area contributed by atoms with Gasteiger partial charge in [-0.1, -0.05) is 0 Å². The highest BCUT2D eigenvalue weighted by molar-refractivity contribution is 5.79. The molecule has 1 unspecified atom stereocenters. The van der Waals surface area contributed by atoms with E-state index in [2.05, 4.69) is 10.6 Å². The topological polar surface area (TPSA) is 59.6 Å². The molecule has 2 rings (SSSR count). The number of amides is 1. The van der Waals surface area contributed by atoms with Crippen LogP contribution in [0.15, 0.2) is 18.2 Å². The van der Waals surface area contributed by atoms with E-state index in [1.165, 1.54) is 0 Å². The lowest BCUT2D eigenvalue weighted by atomic mass is 9.96. The molecule has 1 aromatic carbocycles. The Morgan fingerprint density at radius 3 is 3.05 bits per heavy atom. The molecular weight excluding hydrogens is 256 g/mol. The summed E-state index contributed by atoms with van der Waals surface area (Å²) in [6, 6.07) is 5.71. The second-order valence-corrected chi connectivity index (χ2v) is 4.93. The Morgan fingerprint density at radius 2 is 2.30 bits per heavy atom. The smallest absolute Gasteiger partial charge is 0.226 e. The molecule has 0 radical (unpaired) electrons. The van der Waals surface area contributed by atoms with Crippen molar-refractivity contribution in [3.63, 3.8) is 0 Å². The number of hydrogen-bond acceptors (Lipinski definition) is 4. The molecular formula is C15H22N2O3. The lowest BCUT2D eigenvalue weighted by Gasteiger charge is -2.25. The SMILES string of the molecule is CNCCCNC(=O)C1COc2ccc(OC)cc2C1. The molecule has 1 heterocycles. The number of methoxy groups -OCH3 is 1. The third-order valence-corrected chi connectivity index (χ3v) is 3.45. The van der Waals surface area contributed by atoms with E-state index in [0.717, 1.165) is 30.0 Å². The van der Waals surface area contributed by atoms with Gasteiger partial charge in [-0.15, -0.1) is 0 Å². The number of fused-ring (bicyclic) bond motifs is 1. The summed E-state index contributed by atoms with van der Waals surface area (Å²) in [5.74, 6) is 1.59. The first kappa shape index (κ1) is 14.7. The zero-order chi connectivity index (χ0) is 14.4. The van der Waals surface area contributed by atoms with Crippen LogP contribution in [0.3, 0.4) is 0 Å². The van der Waals surface area contributed by atoms with Crippen molar-refractivity contribution >= 4 is 5.91 Å². The predicted molar refractivity (Wildman–Crippen MR) is 77.2 cm³/mol. The molecule has 2 N–H and O–H groups in total. The summed E-state index contributed by atoms with van der Waals surface area (Å²) in [5.41, 5.74) is 1.03. The summed E-state index contributed by atoms with van der Waals surface area (Å²) in [6.45, 7) is 2.04. The Morgan fingerprint density at radius 1 is 1.45 bits per heavy atom. The van der Waals surface area contributed by atoms with Crippen molar-refractivity contribution < 1.29 is 14.3 Å². The summed E-state index contributed by atoms with van der Waals surface area (Å²) in [5, 5.41) is 6.01. The monoisotopic (exact) mass is 278 g/mol. The maximum absolute atomic E-state index is 12.1. The number of rotatable bonds is 6. The molecule has 20 heavy (non-hydrogen) atoms. The predicted octanol–water partition coefficient (Wildman–Crippen LogP) is 0.972. The van der Waals surface area contributed by atoms with Gasteiger partial charge in [-0.3, -0.25) is 4.79 Å². The van der Waals surface area contributed by atoms with Crippen LogP contribution in [0.2, 0.25) is 0 Å². The molecule has 110 valence electrons. The van der Waals surface area contributed by atoms with Crippen molar-refractivity contribution in [2.24, 2.45) is 5.92 Å². The number of hydrogen-bond donors (Lipinski definition) is 2. The van der Waals surface area contributed by atoms with E-state index in [4.69, 9.17) is 9.47 Å². The lowest BCUT2D eigenvalue weighted by Crippen LogP contribution is -2.38. The maximum Gasteiger partial charge on any atom is 0.226 e. The summed E-state index contributed by atoms with van der Waals surface area (Å²) in [6.07, 6.45) is 1.63. The highest BCUT2D eigenvalue weighted by Gasteiger charge is 2.25. The molecule has 1 aliphatic rings. The van der Waals surface area contributed by atoms with Crippen molar-refractivity contribution in [3.05, 3.63) is 23.8 Å². The van der Waals surface area contributed by atoms with Crippen LogP contribution in [-0.4, -0.2) is 39.8 Å². The molecule has 1 atom stereocenters. The van der Waals surface area contributed by atoms with Crippen molar-refractivity contribution in [1.82, 2.24) is 10.6 Å². The van der Waals surface area contributed by atoms with E-state index >= 15 is 0 Å². The molecule has 5 heteroatoms. The Labute approximate surface area is 119 Å². The molecule has 0 fully saturated rings. The highest BCUT2D eigenvalue weighted by atomic mass is 16.5. The zero-order valence-corrected chi connectivity index (χ0v) is 12.1. The van der Waals surface area contributed by atoms with Crippen molar-refractivity contribution in [2.45, 2.75) is 12.8 Å². The van der Waals surface area contributed by atoms with Gasteiger partial charge < -0.3 is 20.1 Å². The molecule has 5 nitrogen and oxygen atoms in total. The Bertz CT molecular complexity index is 462. The maximum atomic E-state index is 12.1. The van der Waals surface area contributed by atoms with Crippen LogP contribution in [0, 0.1) is 5.92 Å². The standard InChI is InChI=1S/C15H22N2O3/c1-16-6-3-7-17-15(18)12-8-11-9-13(19-2)4-5-14(11)20-10-12/h4-5,9,12,16H,3,6-8,10H2,1-2H3,(H,17,18). The van der Waals surface area contributed by atoms with Crippen LogP contribution in [0.1, 0.15) is 12.0 Å². The fourth-order valence-electron chi connectivity index (χ4n) is 2.29. The van der Waals surface area contributed by atoms with E-state index in [1.54, 1.807) is 7.11 Å². The number of carbonyl (C=O) groups is 1. The molecule has 1 amide bonds. The minimum Gasteiger partial charge on any atom is -0.497 e. The van der Waals surface area contributed by atoms with Crippen LogP contribution < -0.4 is 20.1 Å². The fourth-order valence-corrected chi connectivity index (χ4v) is 2.29. The molecule has 0 saturated heterocycles.